The Morgan fingerprint density at radius 1 is 1.32 bits per heavy atom. The van der Waals surface area contributed by atoms with Gasteiger partial charge in [-0.2, -0.15) is 0 Å². The minimum Gasteiger partial charge on any atom is -0.411 e. The van der Waals surface area contributed by atoms with E-state index < -0.39 is 0 Å². The van der Waals surface area contributed by atoms with Crippen LogP contribution in [0.2, 0.25) is 0 Å². The monoisotopic (exact) mass is 314 g/mol. The topological polar surface area (TPSA) is 108 Å². The average Bonchev–Trinajstić information content (AvgIpc) is 3.15. The Balaban J connectivity index is 1.50. The molecular weight excluding hydrogens is 288 g/mol. The number of rotatable bonds is 8. The Kier molecular flexibility index (Phi) is 7.04. The van der Waals surface area contributed by atoms with Crippen LogP contribution >= 0.6 is 0 Å². The Morgan fingerprint density at radius 2 is 2.14 bits per heavy atom. The molecule has 8 nitrogen and oxygen atoms in total. The Hall–Kier alpha value is -1.22. The standard InChI is InChI=1S/C14H26N4O4/c19-17-10-13(18-20)16-8-4-3-7-15-9-12-11-21-14(22-12)5-1-2-6-14/h10,12,15,19-20H,1-9,11H2,(H,16,18)/b17-10+. The van der Waals surface area contributed by atoms with Crippen molar-refractivity contribution in [2.24, 2.45) is 10.1 Å². The van der Waals surface area contributed by atoms with Gasteiger partial charge < -0.3 is 20.0 Å². The summed E-state index contributed by atoms with van der Waals surface area (Å²) in [6.45, 7) is 2.94. The molecule has 1 aliphatic heterocycles. The molecule has 8 heteroatoms. The molecule has 2 aliphatic rings. The first-order valence-electron chi connectivity index (χ1n) is 7.92. The van der Waals surface area contributed by atoms with Gasteiger partial charge in [-0.25, -0.2) is 0 Å². The third kappa shape index (κ3) is 5.20. The summed E-state index contributed by atoms with van der Waals surface area (Å²) >= 11 is 0. The highest BCUT2D eigenvalue weighted by molar-refractivity contribution is 6.28. The number of hydrogen-bond donors (Lipinski definition) is 4. The molecule has 1 unspecified atom stereocenters. The van der Waals surface area contributed by atoms with Gasteiger partial charge in [0.2, 0.25) is 0 Å². The second kappa shape index (κ2) is 9.04. The molecule has 1 aliphatic carbocycles. The van der Waals surface area contributed by atoms with Crippen LogP contribution in [-0.2, 0) is 9.47 Å². The fourth-order valence-electron chi connectivity index (χ4n) is 2.88. The van der Waals surface area contributed by atoms with Crippen molar-refractivity contribution in [3.8, 4) is 0 Å². The number of hydroxylamine groups is 1. The smallest absolute Gasteiger partial charge is 0.168 e. The van der Waals surface area contributed by atoms with Crippen LogP contribution in [0.5, 0.6) is 0 Å². The number of ether oxygens (including phenoxy) is 2. The van der Waals surface area contributed by atoms with Crippen LogP contribution < -0.4 is 10.8 Å². The van der Waals surface area contributed by atoms with Gasteiger partial charge in [-0.1, -0.05) is 5.16 Å². The number of nitrogens with one attached hydrogen (secondary N) is 2. The fourth-order valence-corrected chi connectivity index (χ4v) is 2.88. The van der Waals surface area contributed by atoms with Gasteiger partial charge in [0.05, 0.1) is 12.7 Å². The summed E-state index contributed by atoms with van der Waals surface area (Å²) in [5, 5.41) is 23.2. The van der Waals surface area contributed by atoms with Crippen LogP contribution in [0.15, 0.2) is 10.1 Å². The largest absolute Gasteiger partial charge is 0.411 e. The minimum atomic E-state index is -0.275. The zero-order valence-electron chi connectivity index (χ0n) is 12.8. The quantitative estimate of drug-likeness (QED) is 0.174. The zero-order valence-corrected chi connectivity index (χ0v) is 12.8. The molecule has 2 rings (SSSR count). The fraction of sp³-hybridized carbons (Fsp3) is 0.857. The van der Waals surface area contributed by atoms with Gasteiger partial charge in [-0.05, 0) is 32.2 Å². The third-order valence-electron chi connectivity index (χ3n) is 3.99. The van der Waals surface area contributed by atoms with E-state index in [4.69, 9.17) is 19.9 Å². The van der Waals surface area contributed by atoms with E-state index in [1.54, 1.807) is 0 Å². The molecule has 2 fully saturated rings. The SMILES string of the molecule is O/N=C/C(=NCCCCNCC1COC2(CCCC2)O1)NO. The summed E-state index contributed by atoms with van der Waals surface area (Å²) in [4.78, 5) is 4.03. The molecule has 22 heavy (non-hydrogen) atoms. The third-order valence-corrected chi connectivity index (χ3v) is 3.99. The van der Waals surface area contributed by atoms with Crippen LogP contribution in [0.1, 0.15) is 38.5 Å². The Bertz CT molecular complexity index is 383. The molecule has 0 aromatic carbocycles. The highest BCUT2D eigenvalue weighted by atomic mass is 16.7. The maximum absolute atomic E-state index is 8.69. The normalized spacial score (nSPS) is 24.6. The van der Waals surface area contributed by atoms with Gasteiger partial charge in [0.15, 0.2) is 11.6 Å². The molecule has 1 saturated heterocycles. The number of amidine groups is 1. The number of aliphatic imine (C=N–C) groups is 1. The van der Waals surface area contributed by atoms with Crippen molar-refractivity contribution in [1.29, 1.82) is 0 Å². The molecule has 1 saturated carbocycles. The van der Waals surface area contributed by atoms with E-state index in [0.717, 1.165) is 45.0 Å². The number of nitrogens with zero attached hydrogens (tertiary/aromatic N) is 2. The van der Waals surface area contributed by atoms with Gasteiger partial charge in [0.1, 0.15) is 6.21 Å². The van der Waals surface area contributed by atoms with Crippen LogP contribution in [0.4, 0.5) is 0 Å². The van der Waals surface area contributed by atoms with E-state index in [0.29, 0.717) is 13.2 Å². The molecule has 0 amide bonds. The summed E-state index contributed by atoms with van der Waals surface area (Å²) in [6, 6.07) is 0. The van der Waals surface area contributed by atoms with Crippen LogP contribution in [0.25, 0.3) is 0 Å². The maximum atomic E-state index is 8.69. The predicted molar refractivity (Wildman–Crippen MR) is 81.6 cm³/mol. The van der Waals surface area contributed by atoms with Crippen molar-refractivity contribution in [1.82, 2.24) is 10.8 Å². The van der Waals surface area contributed by atoms with Crippen molar-refractivity contribution >= 4 is 12.1 Å². The van der Waals surface area contributed by atoms with Gasteiger partial charge in [-0.15, -0.1) is 0 Å². The second-order valence-electron chi connectivity index (χ2n) is 5.70. The molecule has 0 radical (unpaired) electrons. The van der Waals surface area contributed by atoms with Crippen LogP contribution in [0.3, 0.4) is 0 Å². The molecule has 0 bridgehead atoms. The molecule has 0 aromatic rings. The first-order valence-corrected chi connectivity index (χ1v) is 7.92. The van der Waals surface area contributed by atoms with Crippen LogP contribution in [-0.4, -0.2) is 60.6 Å². The second-order valence-corrected chi connectivity index (χ2v) is 5.70. The Labute approximate surface area is 130 Å². The predicted octanol–water partition coefficient (Wildman–Crippen LogP) is 0.879. The van der Waals surface area contributed by atoms with E-state index in [1.165, 1.54) is 12.8 Å². The summed E-state index contributed by atoms with van der Waals surface area (Å²) in [7, 11) is 0. The average molecular weight is 314 g/mol. The first kappa shape index (κ1) is 17.1. The van der Waals surface area contributed by atoms with Crippen molar-refractivity contribution in [2.45, 2.75) is 50.4 Å². The van der Waals surface area contributed by atoms with Crippen molar-refractivity contribution in [2.75, 3.05) is 26.2 Å². The number of hydrogen-bond acceptors (Lipinski definition) is 7. The van der Waals surface area contributed by atoms with Gasteiger partial charge in [0.25, 0.3) is 0 Å². The summed E-state index contributed by atoms with van der Waals surface area (Å²) < 4.78 is 11.9. The molecule has 4 N–H and O–H groups in total. The molecule has 1 heterocycles. The summed E-state index contributed by atoms with van der Waals surface area (Å²) in [6.07, 6.45) is 7.51. The minimum absolute atomic E-state index is 0.147. The highest BCUT2D eigenvalue weighted by Crippen LogP contribution is 2.38. The van der Waals surface area contributed by atoms with E-state index in [-0.39, 0.29) is 17.7 Å². The number of oxime groups is 1. The van der Waals surface area contributed by atoms with Crippen molar-refractivity contribution in [3.05, 3.63) is 0 Å². The molecule has 0 aromatic heterocycles. The molecular formula is C14H26N4O4. The van der Waals surface area contributed by atoms with E-state index in [2.05, 4.69) is 15.5 Å². The van der Waals surface area contributed by atoms with E-state index in [9.17, 15) is 0 Å². The van der Waals surface area contributed by atoms with Gasteiger partial charge in [0, 0.05) is 25.9 Å². The summed E-state index contributed by atoms with van der Waals surface area (Å²) in [5.41, 5.74) is 1.86. The van der Waals surface area contributed by atoms with E-state index in [1.807, 2.05) is 5.48 Å². The highest BCUT2D eigenvalue weighted by Gasteiger charge is 2.43. The maximum Gasteiger partial charge on any atom is 0.168 e. The van der Waals surface area contributed by atoms with E-state index >= 15 is 0 Å². The summed E-state index contributed by atoms with van der Waals surface area (Å²) in [5.74, 6) is -0.128. The molecule has 126 valence electrons. The van der Waals surface area contributed by atoms with Crippen molar-refractivity contribution < 1.29 is 19.9 Å². The lowest BCUT2D eigenvalue weighted by molar-refractivity contribution is -0.161. The zero-order chi connectivity index (χ0) is 15.7. The lowest BCUT2D eigenvalue weighted by Gasteiger charge is -2.21. The lowest BCUT2D eigenvalue weighted by Crippen LogP contribution is -2.32. The molecule has 1 spiro atoms. The Morgan fingerprint density at radius 3 is 2.86 bits per heavy atom. The van der Waals surface area contributed by atoms with Crippen molar-refractivity contribution in [3.63, 3.8) is 0 Å². The number of unbranched alkanes of at least 4 members (excludes halogenated alkanes) is 1. The van der Waals surface area contributed by atoms with Gasteiger partial charge in [-0.3, -0.25) is 15.7 Å². The van der Waals surface area contributed by atoms with Gasteiger partial charge >= 0.3 is 0 Å². The molecule has 1 atom stereocenters. The van der Waals surface area contributed by atoms with Crippen LogP contribution in [0, 0.1) is 0 Å². The lowest BCUT2D eigenvalue weighted by atomic mass is 10.2. The first-order chi connectivity index (χ1) is 10.8.